The number of piperidine rings is 1. The summed E-state index contributed by atoms with van der Waals surface area (Å²) in [6, 6.07) is 2.20. The Morgan fingerprint density at radius 3 is 2.64 bits per heavy atom. The summed E-state index contributed by atoms with van der Waals surface area (Å²) in [6.07, 6.45) is 9.64. The van der Waals surface area contributed by atoms with Gasteiger partial charge in [0.15, 0.2) is 0 Å². The topological polar surface area (TPSA) is 85.3 Å². The van der Waals surface area contributed by atoms with Crippen molar-refractivity contribution in [2.45, 2.75) is 64.3 Å². The number of ether oxygens (including phenoxy) is 2. The number of amides is 1. The van der Waals surface area contributed by atoms with Crippen molar-refractivity contribution in [3.8, 4) is 11.3 Å². The molecule has 1 saturated carbocycles. The molecule has 0 aromatic carbocycles. The Labute approximate surface area is 193 Å². The first-order chi connectivity index (χ1) is 15.7. The highest BCUT2D eigenvalue weighted by Crippen LogP contribution is 2.64. The van der Waals surface area contributed by atoms with Gasteiger partial charge in [-0.15, -0.1) is 0 Å². The molecule has 2 fully saturated rings. The predicted octanol–water partition coefficient (Wildman–Crippen LogP) is 4.50. The molecule has 8 nitrogen and oxygen atoms in total. The van der Waals surface area contributed by atoms with Gasteiger partial charge in [-0.05, 0) is 57.9 Å². The number of pyridine rings is 1. The molecule has 1 amide bonds. The van der Waals surface area contributed by atoms with Crippen LogP contribution in [0.15, 0.2) is 24.7 Å². The second-order valence-electron chi connectivity index (χ2n) is 11.1. The summed E-state index contributed by atoms with van der Waals surface area (Å²) in [5, 5.41) is 5.46. The van der Waals surface area contributed by atoms with Gasteiger partial charge < -0.3 is 19.4 Å². The summed E-state index contributed by atoms with van der Waals surface area (Å²) in [6.45, 7) is 7.86. The summed E-state index contributed by atoms with van der Waals surface area (Å²) in [7, 11) is 1.92. The van der Waals surface area contributed by atoms with E-state index in [9.17, 15) is 4.79 Å². The van der Waals surface area contributed by atoms with Crippen LogP contribution in [0.5, 0.6) is 0 Å². The van der Waals surface area contributed by atoms with Gasteiger partial charge in [0.1, 0.15) is 11.2 Å². The first kappa shape index (κ1) is 20.7. The number of carbonyl (C=O) groups excluding carboxylic acids is 1. The van der Waals surface area contributed by atoms with Crippen LogP contribution in [0, 0.1) is 5.41 Å². The molecule has 33 heavy (non-hydrogen) atoms. The van der Waals surface area contributed by atoms with Crippen molar-refractivity contribution >= 4 is 17.1 Å². The fraction of sp³-hybridized carbons (Fsp3) is 0.560. The van der Waals surface area contributed by atoms with E-state index in [1.807, 2.05) is 56.0 Å². The number of likely N-dealkylation sites (tertiary alicyclic amines) is 1. The van der Waals surface area contributed by atoms with E-state index >= 15 is 0 Å². The van der Waals surface area contributed by atoms with Crippen molar-refractivity contribution in [3.05, 3.63) is 35.8 Å². The highest BCUT2D eigenvalue weighted by atomic mass is 16.6. The maximum absolute atomic E-state index is 12.5. The predicted molar refractivity (Wildman–Crippen MR) is 123 cm³/mol. The minimum atomic E-state index is -0.460. The van der Waals surface area contributed by atoms with Crippen molar-refractivity contribution in [2.75, 3.05) is 13.1 Å². The molecule has 0 bridgehead atoms. The molecule has 1 saturated heterocycles. The zero-order chi connectivity index (χ0) is 23.0. The SMILES string of the molecule is Cn1cc(-c2cc3c4c(cnc3[nH]2)COC42CC3(CCN(C(=O)OC(C)(C)C)CC3)C2)cn1. The van der Waals surface area contributed by atoms with Gasteiger partial charge in [0.2, 0.25) is 0 Å². The number of fused-ring (bicyclic) bond motifs is 4. The third-order valence-electron chi connectivity index (χ3n) is 7.51. The van der Waals surface area contributed by atoms with Crippen LogP contribution in [-0.4, -0.2) is 49.4 Å². The Balaban J connectivity index is 1.23. The van der Waals surface area contributed by atoms with Gasteiger partial charge in [0.25, 0.3) is 0 Å². The molecule has 5 heterocycles. The molecule has 1 N–H and O–H groups in total. The highest BCUT2D eigenvalue weighted by Gasteiger charge is 2.60. The molecule has 0 radical (unpaired) electrons. The fourth-order valence-electron chi connectivity index (χ4n) is 6.05. The third kappa shape index (κ3) is 3.34. The lowest BCUT2D eigenvalue weighted by Gasteiger charge is -2.57. The van der Waals surface area contributed by atoms with E-state index in [-0.39, 0.29) is 17.1 Å². The quantitative estimate of drug-likeness (QED) is 0.591. The minimum absolute atomic E-state index is 0.197. The third-order valence-corrected chi connectivity index (χ3v) is 7.51. The zero-order valence-electron chi connectivity index (χ0n) is 19.8. The molecule has 8 heteroatoms. The lowest BCUT2D eigenvalue weighted by Crippen LogP contribution is -2.55. The molecule has 0 unspecified atom stereocenters. The van der Waals surface area contributed by atoms with E-state index in [1.54, 1.807) is 0 Å². The minimum Gasteiger partial charge on any atom is -0.444 e. The first-order valence-electron chi connectivity index (χ1n) is 11.8. The number of rotatable bonds is 1. The second-order valence-corrected chi connectivity index (χ2v) is 11.1. The molecule has 3 aromatic heterocycles. The number of aryl methyl sites for hydroxylation is 1. The van der Waals surface area contributed by atoms with Gasteiger partial charge in [0.05, 0.1) is 24.1 Å². The molecule has 3 aromatic rings. The van der Waals surface area contributed by atoms with Gasteiger partial charge in [-0.3, -0.25) is 4.68 Å². The van der Waals surface area contributed by atoms with Crippen LogP contribution in [0.3, 0.4) is 0 Å². The van der Waals surface area contributed by atoms with Gasteiger partial charge in [-0.2, -0.15) is 5.10 Å². The summed E-state index contributed by atoms with van der Waals surface area (Å²) >= 11 is 0. The molecule has 174 valence electrons. The first-order valence-corrected chi connectivity index (χ1v) is 11.8. The maximum atomic E-state index is 12.5. The highest BCUT2D eigenvalue weighted by molar-refractivity contribution is 5.88. The summed E-state index contributed by atoms with van der Waals surface area (Å²) in [5.41, 5.74) is 5.02. The number of carbonyl (C=O) groups is 1. The van der Waals surface area contributed by atoms with Crippen LogP contribution in [0.25, 0.3) is 22.3 Å². The average molecular weight is 450 g/mol. The van der Waals surface area contributed by atoms with E-state index in [2.05, 4.69) is 21.1 Å². The van der Waals surface area contributed by atoms with Crippen molar-refractivity contribution in [3.63, 3.8) is 0 Å². The second kappa shape index (κ2) is 6.82. The van der Waals surface area contributed by atoms with Gasteiger partial charge in [0, 0.05) is 54.6 Å². The number of aromatic amines is 1. The summed E-state index contributed by atoms with van der Waals surface area (Å²) < 4.78 is 13.8. The Kier molecular flexibility index (Phi) is 4.28. The smallest absolute Gasteiger partial charge is 0.410 e. The number of aromatic nitrogens is 4. The number of nitrogens with zero attached hydrogens (tertiary/aromatic N) is 4. The Bertz CT molecular complexity index is 1230. The van der Waals surface area contributed by atoms with Crippen LogP contribution in [0.1, 0.15) is 57.6 Å². The lowest BCUT2D eigenvalue weighted by molar-refractivity contribution is -0.181. The van der Waals surface area contributed by atoms with E-state index in [4.69, 9.17) is 9.47 Å². The van der Waals surface area contributed by atoms with Crippen molar-refractivity contribution < 1.29 is 14.3 Å². The number of hydrogen-bond acceptors (Lipinski definition) is 5. The molecular weight excluding hydrogens is 418 g/mol. The molecule has 6 rings (SSSR count). The average Bonchev–Trinajstić information content (AvgIpc) is 3.43. The van der Waals surface area contributed by atoms with E-state index < -0.39 is 5.60 Å². The Hall–Kier alpha value is -2.87. The number of H-pyrrole nitrogens is 1. The summed E-state index contributed by atoms with van der Waals surface area (Å²) in [5.74, 6) is 0. The number of hydrogen-bond donors (Lipinski definition) is 1. The molecular formula is C25H31N5O3. The van der Waals surface area contributed by atoms with Crippen molar-refractivity contribution in [1.82, 2.24) is 24.6 Å². The van der Waals surface area contributed by atoms with Crippen molar-refractivity contribution in [2.24, 2.45) is 12.5 Å². The summed E-state index contributed by atoms with van der Waals surface area (Å²) in [4.78, 5) is 22.5. The molecule has 2 aliphatic heterocycles. The molecule has 2 spiro atoms. The molecule has 1 aliphatic carbocycles. The van der Waals surface area contributed by atoms with Gasteiger partial charge in [-0.1, -0.05) is 0 Å². The lowest BCUT2D eigenvalue weighted by atomic mass is 9.53. The Morgan fingerprint density at radius 2 is 1.97 bits per heavy atom. The fourth-order valence-corrected chi connectivity index (χ4v) is 6.05. The largest absolute Gasteiger partial charge is 0.444 e. The normalized spacial score (nSPS) is 20.9. The standard InChI is InChI=1S/C25H31N5O3/c1-23(2,3)33-22(31)30-7-5-24(6-8-30)14-25(15-24)20-17(13-32-25)10-26-21-18(20)9-19(28-21)16-11-27-29(4)12-16/h9-12H,5-8,13-15H2,1-4H3,(H,26,28). The molecule has 3 aliphatic rings. The van der Waals surface area contributed by atoms with Gasteiger partial charge >= 0.3 is 6.09 Å². The number of nitrogens with one attached hydrogen (secondary N) is 1. The van der Waals surface area contributed by atoms with Crippen LogP contribution >= 0.6 is 0 Å². The van der Waals surface area contributed by atoms with Crippen LogP contribution < -0.4 is 0 Å². The van der Waals surface area contributed by atoms with Gasteiger partial charge in [-0.25, -0.2) is 9.78 Å². The van der Waals surface area contributed by atoms with E-state index in [0.29, 0.717) is 6.61 Å². The van der Waals surface area contributed by atoms with Crippen LogP contribution in [0.4, 0.5) is 4.79 Å². The zero-order valence-corrected chi connectivity index (χ0v) is 19.8. The van der Waals surface area contributed by atoms with Crippen LogP contribution in [0.2, 0.25) is 0 Å². The van der Waals surface area contributed by atoms with Crippen molar-refractivity contribution in [1.29, 1.82) is 0 Å². The monoisotopic (exact) mass is 449 g/mol. The van der Waals surface area contributed by atoms with Crippen LogP contribution in [-0.2, 0) is 28.7 Å². The Morgan fingerprint density at radius 1 is 1.21 bits per heavy atom. The van der Waals surface area contributed by atoms with E-state index in [0.717, 1.165) is 61.1 Å². The van der Waals surface area contributed by atoms with E-state index in [1.165, 1.54) is 11.1 Å². The molecule has 0 atom stereocenters. The maximum Gasteiger partial charge on any atom is 0.410 e.